The zero-order valence-electron chi connectivity index (χ0n) is 7.18. The Bertz CT molecular complexity index is 615. The van der Waals surface area contributed by atoms with E-state index in [4.69, 9.17) is 11.6 Å². The van der Waals surface area contributed by atoms with E-state index in [1.165, 1.54) is 0 Å². The van der Waals surface area contributed by atoms with Crippen molar-refractivity contribution in [1.29, 1.82) is 0 Å². The lowest BCUT2D eigenvalue weighted by Crippen LogP contribution is -1.82. The monoisotopic (exact) mass is 203 g/mol. The lowest BCUT2D eigenvalue weighted by atomic mass is 10.3. The zero-order valence-corrected chi connectivity index (χ0v) is 7.94. The van der Waals surface area contributed by atoms with Crippen LogP contribution in [0.2, 0.25) is 5.02 Å². The number of hydrogen-bond acceptors (Lipinski definition) is 2. The Hall–Kier alpha value is -1.61. The van der Waals surface area contributed by atoms with Crippen LogP contribution in [0.25, 0.3) is 16.6 Å². The second-order valence-corrected chi connectivity index (χ2v) is 3.49. The average molecular weight is 204 g/mol. The third-order valence-corrected chi connectivity index (χ3v) is 2.36. The normalized spacial score (nSPS) is 11.2. The summed E-state index contributed by atoms with van der Waals surface area (Å²) in [5.41, 5.74) is 1.75. The van der Waals surface area contributed by atoms with Crippen LogP contribution >= 0.6 is 11.6 Å². The van der Waals surface area contributed by atoms with Crippen LogP contribution in [0.1, 0.15) is 0 Å². The fourth-order valence-electron chi connectivity index (χ4n) is 1.54. The van der Waals surface area contributed by atoms with Crippen molar-refractivity contribution in [3.8, 4) is 0 Å². The number of aromatic nitrogens is 3. The van der Waals surface area contributed by atoms with Gasteiger partial charge < -0.3 is 0 Å². The maximum Gasteiger partial charge on any atom is 0.182 e. The lowest BCUT2D eigenvalue weighted by Gasteiger charge is -1.90. The van der Waals surface area contributed by atoms with E-state index in [-0.39, 0.29) is 0 Å². The van der Waals surface area contributed by atoms with Crippen LogP contribution in [0.3, 0.4) is 0 Å². The minimum absolute atomic E-state index is 0.635. The molecule has 3 aromatic rings. The molecule has 0 fully saturated rings. The highest BCUT2D eigenvalue weighted by molar-refractivity contribution is 6.31. The van der Waals surface area contributed by atoms with E-state index in [0.717, 1.165) is 16.6 Å². The number of pyridine rings is 2. The molecular weight excluding hydrogens is 198 g/mol. The third-order valence-electron chi connectivity index (χ3n) is 2.15. The number of rotatable bonds is 0. The standard InChI is InChI=1S/C10H6ClN3/c11-7-5-8-9-3-1-2-4-14(9)13-10(8)12-6-7/h1-6H. The molecule has 0 aliphatic rings. The summed E-state index contributed by atoms with van der Waals surface area (Å²) in [6.45, 7) is 0. The topological polar surface area (TPSA) is 30.2 Å². The highest BCUT2D eigenvalue weighted by Gasteiger charge is 2.04. The summed E-state index contributed by atoms with van der Waals surface area (Å²) in [6.07, 6.45) is 3.50. The minimum atomic E-state index is 0.635. The molecule has 14 heavy (non-hydrogen) atoms. The first-order valence-electron chi connectivity index (χ1n) is 4.23. The summed E-state index contributed by atoms with van der Waals surface area (Å²) in [4.78, 5) is 4.15. The molecule has 3 rings (SSSR count). The second kappa shape index (κ2) is 2.69. The van der Waals surface area contributed by atoms with Gasteiger partial charge in [-0.15, -0.1) is 5.10 Å². The van der Waals surface area contributed by atoms with Gasteiger partial charge in [0.25, 0.3) is 0 Å². The summed E-state index contributed by atoms with van der Waals surface area (Å²) in [5, 5.41) is 5.92. The second-order valence-electron chi connectivity index (χ2n) is 3.06. The van der Waals surface area contributed by atoms with E-state index in [2.05, 4.69) is 10.1 Å². The van der Waals surface area contributed by atoms with Crippen LogP contribution in [0.4, 0.5) is 0 Å². The Morgan fingerprint density at radius 3 is 3.14 bits per heavy atom. The molecule has 0 amide bonds. The third kappa shape index (κ3) is 0.992. The fraction of sp³-hybridized carbons (Fsp3) is 0. The van der Waals surface area contributed by atoms with Crippen molar-refractivity contribution in [2.75, 3.05) is 0 Å². The highest BCUT2D eigenvalue weighted by Crippen LogP contribution is 2.20. The van der Waals surface area contributed by atoms with E-state index < -0.39 is 0 Å². The maximum atomic E-state index is 5.88. The molecule has 0 unspecified atom stereocenters. The summed E-state index contributed by atoms with van der Waals surface area (Å²) < 4.78 is 1.80. The van der Waals surface area contributed by atoms with E-state index in [1.54, 1.807) is 10.7 Å². The van der Waals surface area contributed by atoms with Gasteiger partial charge in [-0.3, -0.25) is 0 Å². The molecule has 0 atom stereocenters. The van der Waals surface area contributed by atoms with Gasteiger partial charge in [-0.05, 0) is 18.2 Å². The molecule has 0 aliphatic carbocycles. The smallest absolute Gasteiger partial charge is 0.182 e. The van der Waals surface area contributed by atoms with Crippen molar-refractivity contribution in [2.45, 2.75) is 0 Å². The minimum Gasteiger partial charge on any atom is -0.238 e. The molecule has 3 nitrogen and oxygen atoms in total. The SMILES string of the molecule is Clc1cnc2nn3ccccc3c2c1. The maximum absolute atomic E-state index is 5.88. The van der Waals surface area contributed by atoms with Crippen molar-refractivity contribution in [1.82, 2.24) is 14.6 Å². The quantitative estimate of drug-likeness (QED) is 0.562. The Morgan fingerprint density at radius 2 is 2.21 bits per heavy atom. The summed E-state index contributed by atoms with van der Waals surface area (Å²) >= 11 is 5.88. The molecule has 0 bridgehead atoms. The predicted molar refractivity (Wildman–Crippen MR) is 55.5 cm³/mol. The largest absolute Gasteiger partial charge is 0.238 e. The molecule has 0 saturated heterocycles. The van der Waals surface area contributed by atoms with Gasteiger partial charge in [0.2, 0.25) is 0 Å². The molecule has 0 saturated carbocycles. The molecule has 68 valence electrons. The molecule has 0 aliphatic heterocycles. The van der Waals surface area contributed by atoms with Crippen LogP contribution in [-0.4, -0.2) is 14.6 Å². The van der Waals surface area contributed by atoms with E-state index >= 15 is 0 Å². The van der Waals surface area contributed by atoms with Crippen molar-refractivity contribution < 1.29 is 0 Å². The molecule has 0 N–H and O–H groups in total. The van der Waals surface area contributed by atoms with Crippen LogP contribution in [0, 0.1) is 0 Å². The van der Waals surface area contributed by atoms with E-state index in [1.807, 2.05) is 30.5 Å². The van der Waals surface area contributed by atoms with Crippen molar-refractivity contribution in [2.24, 2.45) is 0 Å². The first-order valence-corrected chi connectivity index (χ1v) is 4.61. The van der Waals surface area contributed by atoms with Gasteiger partial charge >= 0.3 is 0 Å². The predicted octanol–water partition coefficient (Wildman–Crippen LogP) is 2.54. The van der Waals surface area contributed by atoms with Crippen LogP contribution < -0.4 is 0 Å². The van der Waals surface area contributed by atoms with Crippen LogP contribution in [0.15, 0.2) is 36.7 Å². The fourth-order valence-corrected chi connectivity index (χ4v) is 1.70. The number of hydrogen-bond donors (Lipinski definition) is 0. The van der Waals surface area contributed by atoms with E-state index in [0.29, 0.717) is 5.02 Å². The van der Waals surface area contributed by atoms with Gasteiger partial charge in [0, 0.05) is 17.8 Å². The zero-order chi connectivity index (χ0) is 9.54. The molecule has 0 spiro atoms. The molecule has 3 aromatic heterocycles. The molecule has 4 heteroatoms. The van der Waals surface area contributed by atoms with Gasteiger partial charge in [0.15, 0.2) is 5.65 Å². The number of fused-ring (bicyclic) bond motifs is 3. The van der Waals surface area contributed by atoms with E-state index in [9.17, 15) is 0 Å². The lowest BCUT2D eigenvalue weighted by molar-refractivity contribution is 0.971. The number of nitrogens with zero attached hydrogens (tertiary/aromatic N) is 3. The number of halogens is 1. The summed E-state index contributed by atoms with van der Waals surface area (Å²) in [6, 6.07) is 7.78. The van der Waals surface area contributed by atoms with Gasteiger partial charge in [0.05, 0.1) is 10.5 Å². The Kier molecular flexibility index (Phi) is 1.49. The molecule has 3 heterocycles. The Morgan fingerprint density at radius 1 is 1.29 bits per heavy atom. The van der Waals surface area contributed by atoms with Gasteiger partial charge in [-0.2, -0.15) is 0 Å². The van der Waals surface area contributed by atoms with Gasteiger partial charge in [-0.1, -0.05) is 17.7 Å². The molecule has 0 aromatic carbocycles. The Balaban J connectivity index is 2.58. The van der Waals surface area contributed by atoms with Gasteiger partial charge in [0.1, 0.15) is 0 Å². The first kappa shape index (κ1) is 7.76. The summed E-state index contributed by atoms with van der Waals surface area (Å²) in [7, 11) is 0. The van der Waals surface area contributed by atoms with Crippen molar-refractivity contribution in [3.63, 3.8) is 0 Å². The van der Waals surface area contributed by atoms with Crippen LogP contribution in [0.5, 0.6) is 0 Å². The molecular formula is C10H6ClN3. The van der Waals surface area contributed by atoms with Crippen molar-refractivity contribution in [3.05, 3.63) is 41.7 Å². The van der Waals surface area contributed by atoms with Crippen LogP contribution in [-0.2, 0) is 0 Å². The van der Waals surface area contributed by atoms with Gasteiger partial charge in [-0.25, -0.2) is 9.50 Å². The van der Waals surface area contributed by atoms with Crippen molar-refractivity contribution >= 4 is 28.2 Å². The average Bonchev–Trinajstić information content (AvgIpc) is 2.56. The molecule has 0 radical (unpaired) electrons. The summed E-state index contributed by atoms with van der Waals surface area (Å²) in [5.74, 6) is 0. The highest BCUT2D eigenvalue weighted by atomic mass is 35.5. The first-order chi connectivity index (χ1) is 6.84. The Labute approximate surface area is 84.9 Å².